The molecule has 2 aromatic heterocycles. The van der Waals surface area contributed by atoms with Crippen molar-refractivity contribution in [1.29, 1.82) is 0 Å². The number of benzene rings is 2. The zero-order valence-corrected chi connectivity index (χ0v) is 15.2. The molecule has 0 unspecified atom stereocenters. The molecule has 2 aromatic carbocycles. The van der Waals surface area contributed by atoms with Gasteiger partial charge in [-0.3, -0.25) is 4.98 Å². The Kier molecular flexibility index (Phi) is 5.34. The molecule has 0 aliphatic rings. The fraction of sp³-hybridized carbons (Fsp3) is 0.174. The van der Waals surface area contributed by atoms with Crippen molar-refractivity contribution in [3.63, 3.8) is 0 Å². The van der Waals surface area contributed by atoms with Crippen LogP contribution in [-0.4, -0.2) is 21.5 Å². The van der Waals surface area contributed by atoms with Gasteiger partial charge in [0.25, 0.3) is 0 Å². The Hall–Kier alpha value is -3.27. The van der Waals surface area contributed by atoms with Gasteiger partial charge < -0.3 is 5.32 Å². The Morgan fingerprint density at radius 3 is 2.37 bits per heavy atom. The van der Waals surface area contributed by atoms with Gasteiger partial charge in [0.05, 0.1) is 5.52 Å². The first kappa shape index (κ1) is 17.2. The smallest absolute Gasteiger partial charge is 0.162 e. The average Bonchev–Trinajstić information content (AvgIpc) is 2.74. The summed E-state index contributed by atoms with van der Waals surface area (Å²) in [5.41, 5.74) is 3.32. The lowest BCUT2D eigenvalue weighted by molar-refractivity contribution is 0.762. The lowest BCUT2D eigenvalue weighted by Crippen LogP contribution is -2.06. The highest BCUT2D eigenvalue weighted by molar-refractivity contribution is 5.90. The van der Waals surface area contributed by atoms with Crippen molar-refractivity contribution in [2.45, 2.75) is 19.3 Å². The van der Waals surface area contributed by atoms with Gasteiger partial charge in [0, 0.05) is 29.9 Å². The predicted octanol–water partition coefficient (Wildman–Crippen LogP) is 5.13. The molecule has 2 heterocycles. The van der Waals surface area contributed by atoms with E-state index < -0.39 is 0 Å². The molecule has 4 rings (SSSR count). The summed E-state index contributed by atoms with van der Waals surface area (Å²) in [6.45, 7) is 0.892. The van der Waals surface area contributed by atoms with E-state index in [1.807, 2.05) is 30.3 Å². The molecule has 1 N–H and O–H groups in total. The number of fused-ring (bicyclic) bond motifs is 1. The number of hydrogen-bond donors (Lipinski definition) is 1. The number of anilines is 1. The van der Waals surface area contributed by atoms with Gasteiger partial charge in [-0.05, 0) is 49.1 Å². The van der Waals surface area contributed by atoms with E-state index >= 15 is 0 Å². The van der Waals surface area contributed by atoms with Crippen molar-refractivity contribution in [3.8, 4) is 11.4 Å². The Labute approximate surface area is 159 Å². The number of nitrogens with zero attached hydrogens (tertiary/aromatic N) is 3. The van der Waals surface area contributed by atoms with Gasteiger partial charge in [0.15, 0.2) is 5.82 Å². The first-order valence-electron chi connectivity index (χ1n) is 9.35. The van der Waals surface area contributed by atoms with E-state index in [0.717, 1.165) is 53.9 Å². The van der Waals surface area contributed by atoms with Crippen LogP contribution < -0.4 is 5.32 Å². The molecule has 0 spiro atoms. The SMILES string of the molecule is c1ccc(CCCCNc2nc(-c3ccncc3)nc3ccccc23)cc1. The quantitative estimate of drug-likeness (QED) is 0.468. The highest BCUT2D eigenvalue weighted by atomic mass is 15.0. The first-order valence-corrected chi connectivity index (χ1v) is 9.35. The molecule has 0 amide bonds. The topological polar surface area (TPSA) is 50.7 Å². The van der Waals surface area contributed by atoms with Gasteiger partial charge in [0.1, 0.15) is 5.82 Å². The molecule has 0 fully saturated rings. The summed E-state index contributed by atoms with van der Waals surface area (Å²) in [5, 5.41) is 4.57. The minimum absolute atomic E-state index is 0.725. The summed E-state index contributed by atoms with van der Waals surface area (Å²) in [6.07, 6.45) is 6.89. The third-order valence-electron chi connectivity index (χ3n) is 4.57. The van der Waals surface area contributed by atoms with Crippen LogP contribution in [0, 0.1) is 0 Å². The maximum atomic E-state index is 4.78. The van der Waals surface area contributed by atoms with Crippen molar-refractivity contribution in [1.82, 2.24) is 15.0 Å². The molecular formula is C23H22N4. The molecule has 0 radical (unpaired) electrons. The molecule has 4 heteroatoms. The van der Waals surface area contributed by atoms with Crippen LogP contribution in [0.3, 0.4) is 0 Å². The van der Waals surface area contributed by atoms with Crippen LogP contribution in [0.2, 0.25) is 0 Å². The Balaban J connectivity index is 1.47. The number of para-hydroxylation sites is 1. The molecule has 27 heavy (non-hydrogen) atoms. The van der Waals surface area contributed by atoms with Crippen molar-refractivity contribution < 1.29 is 0 Å². The molecule has 4 nitrogen and oxygen atoms in total. The normalized spacial score (nSPS) is 10.8. The minimum atomic E-state index is 0.725. The van der Waals surface area contributed by atoms with Crippen LogP contribution in [0.1, 0.15) is 18.4 Å². The molecule has 4 aromatic rings. The summed E-state index contributed by atoms with van der Waals surface area (Å²) in [7, 11) is 0. The van der Waals surface area contributed by atoms with E-state index in [1.165, 1.54) is 5.56 Å². The molecule has 0 aliphatic carbocycles. The van der Waals surface area contributed by atoms with Crippen LogP contribution >= 0.6 is 0 Å². The van der Waals surface area contributed by atoms with Gasteiger partial charge in [-0.25, -0.2) is 9.97 Å². The molecule has 0 bridgehead atoms. The molecule has 134 valence electrons. The Morgan fingerprint density at radius 1 is 0.741 bits per heavy atom. The number of aromatic nitrogens is 3. The van der Waals surface area contributed by atoms with Crippen molar-refractivity contribution in [3.05, 3.63) is 84.7 Å². The van der Waals surface area contributed by atoms with Crippen molar-refractivity contribution >= 4 is 16.7 Å². The lowest BCUT2D eigenvalue weighted by atomic mass is 10.1. The van der Waals surface area contributed by atoms with Gasteiger partial charge in [-0.1, -0.05) is 42.5 Å². The number of hydrogen-bond acceptors (Lipinski definition) is 4. The van der Waals surface area contributed by atoms with Crippen LogP contribution in [-0.2, 0) is 6.42 Å². The molecule has 0 saturated carbocycles. The monoisotopic (exact) mass is 354 g/mol. The van der Waals surface area contributed by atoms with E-state index in [1.54, 1.807) is 12.4 Å². The van der Waals surface area contributed by atoms with Gasteiger partial charge in [-0.2, -0.15) is 0 Å². The summed E-state index contributed by atoms with van der Waals surface area (Å²) < 4.78 is 0. The summed E-state index contributed by atoms with van der Waals surface area (Å²) in [6, 6.07) is 22.6. The Bertz CT molecular complexity index is 1000. The molecule has 0 atom stereocenters. The van der Waals surface area contributed by atoms with Crippen LogP contribution in [0.4, 0.5) is 5.82 Å². The standard InChI is InChI=1S/C23H22N4/c1-2-8-18(9-3-1)10-6-7-15-25-23-20-11-4-5-12-21(20)26-22(27-23)19-13-16-24-17-14-19/h1-5,8-9,11-14,16-17H,6-7,10,15H2,(H,25,26,27). The third kappa shape index (κ3) is 4.29. The van der Waals surface area contributed by atoms with E-state index in [0.29, 0.717) is 0 Å². The number of nitrogens with one attached hydrogen (secondary N) is 1. The summed E-state index contributed by atoms with van der Waals surface area (Å²) >= 11 is 0. The van der Waals surface area contributed by atoms with Crippen LogP contribution in [0.25, 0.3) is 22.3 Å². The molecular weight excluding hydrogens is 332 g/mol. The zero-order valence-electron chi connectivity index (χ0n) is 15.2. The first-order chi connectivity index (χ1) is 13.4. The summed E-state index contributed by atoms with van der Waals surface area (Å²) in [5.74, 6) is 1.62. The fourth-order valence-electron chi connectivity index (χ4n) is 3.15. The van der Waals surface area contributed by atoms with E-state index in [2.05, 4.69) is 46.7 Å². The highest BCUT2D eigenvalue weighted by Gasteiger charge is 2.08. The van der Waals surface area contributed by atoms with Crippen LogP contribution in [0.15, 0.2) is 79.1 Å². The van der Waals surface area contributed by atoms with E-state index in [4.69, 9.17) is 9.97 Å². The van der Waals surface area contributed by atoms with Gasteiger partial charge in [-0.15, -0.1) is 0 Å². The second kappa shape index (κ2) is 8.41. The second-order valence-electron chi connectivity index (χ2n) is 6.52. The Morgan fingerprint density at radius 2 is 1.52 bits per heavy atom. The third-order valence-corrected chi connectivity index (χ3v) is 4.57. The van der Waals surface area contributed by atoms with E-state index in [-0.39, 0.29) is 0 Å². The summed E-state index contributed by atoms with van der Waals surface area (Å²) in [4.78, 5) is 13.6. The number of aryl methyl sites for hydroxylation is 1. The number of unbranched alkanes of at least 4 members (excludes halogenated alkanes) is 1. The molecule has 0 aliphatic heterocycles. The second-order valence-corrected chi connectivity index (χ2v) is 6.52. The van der Waals surface area contributed by atoms with Gasteiger partial charge in [0.2, 0.25) is 0 Å². The van der Waals surface area contributed by atoms with Crippen molar-refractivity contribution in [2.75, 3.05) is 11.9 Å². The van der Waals surface area contributed by atoms with Crippen LogP contribution in [0.5, 0.6) is 0 Å². The van der Waals surface area contributed by atoms with E-state index in [9.17, 15) is 0 Å². The predicted molar refractivity (Wildman–Crippen MR) is 111 cm³/mol. The lowest BCUT2D eigenvalue weighted by Gasteiger charge is -2.11. The molecule has 0 saturated heterocycles. The number of pyridine rings is 1. The average molecular weight is 354 g/mol. The maximum absolute atomic E-state index is 4.78. The maximum Gasteiger partial charge on any atom is 0.162 e. The number of rotatable bonds is 7. The minimum Gasteiger partial charge on any atom is -0.369 e. The van der Waals surface area contributed by atoms with Gasteiger partial charge >= 0.3 is 0 Å². The fourth-order valence-corrected chi connectivity index (χ4v) is 3.15. The highest BCUT2D eigenvalue weighted by Crippen LogP contribution is 2.24. The zero-order chi connectivity index (χ0) is 18.3. The largest absolute Gasteiger partial charge is 0.369 e. The van der Waals surface area contributed by atoms with Crippen molar-refractivity contribution in [2.24, 2.45) is 0 Å².